The van der Waals surface area contributed by atoms with Gasteiger partial charge in [-0.05, 0) is 13.0 Å². The van der Waals surface area contributed by atoms with Crippen molar-refractivity contribution in [2.75, 3.05) is 18.5 Å². The van der Waals surface area contributed by atoms with Crippen molar-refractivity contribution < 1.29 is 54.9 Å². The average molecular weight is 476 g/mol. The summed E-state index contributed by atoms with van der Waals surface area (Å²) < 4.78 is 16.3. The van der Waals surface area contributed by atoms with Crippen molar-refractivity contribution in [2.45, 2.75) is 68.3 Å². The van der Waals surface area contributed by atoms with Crippen LogP contribution in [0.3, 0.4) is 0 Å². The van der Waals surface area contributed by atoms with Gasteiger partial charge in [-0.2, -0.15) is 0 Å². The monoisotopic (exact) mass is 476 g/mol. The second-order valence-corrected chi connectivity index (χ2v) is 7.96. The van der Waals surface area contributed by atoms with Crippen LogP contribution in [0.2, 0.25) is 0 Å². The topological polar surface area (TPSA) is 224 Å². The molecule has 14 nitrogen and oxygen atoms in total. The van der Waals surface area contributed by atoms with E-state index in [1.165, 1.54) is 18.2 Å². The molecular formula is C19H28N2O12. The number of aliphatic hydroxyl groups is 7. The SMILES string of the molecule is Cc1ccc(N[C@@H]2O[C@@H](CO)[C@@H](O[C@H]3O[C@@H](CO)[C@@H](O)[C@@H](O)[C@H]3O)[C@@H](O)[C@H]2O)cc1[N+](=O)[O-]. The minimum absolute atomic E-state index is 0.173. The molecule has 0 bridgehead atoms. The number of nitro groups is 1. The molecule has 0 saturated carbocycles. The van der Waals surface area contributed by atoms with E-state index in [-0.39, 0.29) is 11.4 Å². The van der Waals surface area contributed by atoms with Crippen molar-refractivity contribution in [1.82, 2.24) is 0 Å². The number of anilines is 1. The fourth-order valence-corrected chi connectivity index (χ4v) is 3.77. The number of nitrogens with zero attached hydrogens (tertiary/aromatic N) is 1. The van der Waals surface area contributed by atoms with E-state index in [4.69, 9.17) is 14.2 Å². The third kappa shape index (κ3) is 5.25. The molecule has 186 valence electrons. The van der Waals surface area contributed by atoms with Gasteiger partial charge < -0.3 is 55.3 Å². The number of aliphatic hydroxyl groups excluding tert-OH is 7. The van der Waals surface area contributed by atoms with Crippen LogP contribution in [0, 0.1) is 17.0 Å². The Hall–Kier alpha value is -1.98. The van der Waals surface area contributed by atoms with Gasteiger partial charge in [-0.15, -0.1) is 0 Å². The fraction of sp³-hybridized carbons (Fsp3) is 0.684. The van der Waals surface area contributed by atoms with Crippen molar-refractivity contribution in [3.63, 3.8) is 0 Å². The summed E-state index contributed by atoms with van der Waals surface area (Å²) in [7, 11) is 0. The summed E-state index contributed by atoms with van der Waals surface area (Å²) in [6, 6.07) is 4.22. The number of hydrogen-bond donors (Lipinski definition) is 8. The minimum Gasteiger partial charge on any atom is -0.394 e. The van der Waals surface area contributed by atoms with Gasteiger partial charge in [0.15, 0.2) is 12.5 Å². The summed E-state index contributed by atoms with van der Waals surface area (Å²) in [5, 5.41) is 84.0. The molecule has 0 radical (unpaired) electrons. The summed E-state index contributed by atoms with van der Waals surface area (Å²) in [6.45, 7) is 0.160. The van der Waals surface area contributed by atoms with E-state index >= 15 is 0 Å². The van der Waals surface area contributed by atoms with Gasteiger partial charge in [0.2, 0.25) is 0 Å². The van der Waals surface area contributed by atoms with Crippen LogP contribution < -0.4 is 5.32 Å². The molecule has 1 aromatic carbocycles. The van der Waals surface area contributed by atoms with Crippen molar-refractivity contribution in [3.8, 4) is 0 Å². The van der Waals surface area contributed by atoms with Crippen molar-refractivity contribution in [2.24, 2.45) is 0 Å². The molecule has 8 N–H and O–H groups in total. The van der Waals surface area contributed by atoms with E-state index in [2.05, 4.69) is 5.32 Å². The summed E-state index contributed by atoms with van der Waals surface area (Å²) in [4.78, 5) is 10.6. The molecule has 1 aromatic rings. The molecule has 3 rings (SSSR count). The first-order chi connectivity index (χ1) is 15.6. The Balaban J connectivity index is 1.74. The fourth-order valence-electron chi connectivity index (χ4n) is 3.77. The highest BCUT2D eigenvalue weighted by atomic mass is 16.7. The highest BCUT2D eigenvalue weighted by Gasteiger charge is 2.50. The second kappa shape index (κ2) is 10.5. The van der Waals surface area contributed by atoms with Crippen molar-refractivity contribution >= 4 is 11.4 Å². The Labute approximate surface area is 187 Å². The Kier molecular flexibility index (Phi) is 8.17. The van der Waals surface area contributed by atoms with Crippen molar-refractivity contribution in [3.05, 3.63) is 33.9 Å². The molecule has 2 aliphatic heterocycles. The number of aryl methyl sites for hydroxylation is 1. The molecule has 0 aromatic heterocycles. The highest BCUT2D eigenvalue weighted by molar-refractivity contribution is 5.55. The molecule has 14 heteroatoms. The van der Waals surface area contributed by atoms with Crippen LogP contribution in [0.15, 0.2) is 18.2 Å². The first-order valence-electron chi connectivity index (χ1n) is 10.2. The van der Waals surface area contributed by atoms with Gasteiger partial charge in [-0.1, -0.05) is 6.07 Å². The zero-order valence-corrected chi connectivity index (χ0v) is 17.5. The van der Waals surface area contributed by atoms with E-state index < -0.39 is 79.5 Å². The maximum atomic E-state index is 11.2. The van der Waals surface area contributed by atoms with Crippen molar-refractivity contribution in [1.29, 1.82) is 0 Å². The van der Waals surface area contributed by atoms with E-state index in [1.54, 1.807) is 6.92 Å². The lowest BCUT2D eigenvalue weighted by Gasteiger charge is -2.46. The zero-order valence-electron chi connectivity index (χ0n) is 17.5. The number of benzene rings is 1. The molecule has 2 fully saturated rings. The molecule has 10 atom stereocenters. The van der Waals surface area contributed by atoms with E-state index in [0.717, 1.165) is 0 Å². The number of rotatable bonds is 7. The number of nitro benzene ring substituents is 1. The average Bonchev–Trinajstić information content (AvgIpc) is 2.79. The van der Waals surface area contributed by atoms with Gasteiger partial charge in [-0.25, -0.2) is 0 Å². The standard InChI is InChI=1S/C19H28N2O12/c1-7-2-3-8(4-9(7)21(29)30)20-18-15(27)14(26)17(11(6-23)31-18)33-19-16(28)13(25)12(24)10(5-22)32-19/h2-4,10-20,22-28H,5-6H2,1H3/t10-,11-,12+,13+,14-,15+,16+,17+,18+,19+/m0/s1. The normalized spacial score (nSPS) is 39.3. The summed E-state index contributed by atoms with van der Waals surface area (Å²) >= 11 is 0. The molecule has 0 aliphatic carbocycles. The lowest BCUT2D eigenvalue weighted by atomic mass is 9.96. The van der Waals surface area contributed by atoms with Gasteiger partial charge >= 0.3 is 0 Å². The lowest BCUT2D eigenvalue weighted by molar-refractivity contribution is -0.385. The second-order valence-electron chi connectivity index (χ2n) is 7.96. The van der Waals surface area contributed by atoms with Gasteiger partial charge in [0.25, 0.3) is 5.69 Å². The third-order valence-corrected chi connectivity index (χ3v) is 5.72. The van der Waals surface area contributed by atoms with E-state index in [1.807, 2.05) is 0 Å². The molecule has 0 spiro atoms. The van der Waals surface area contributed by atoms with E-state index in [9.17, 15) is 45.9 Å². The summed E-state index contributed by atoms with van der Waals surface area (Å²) in [5.74, 6) is 0. The quantitative estimate of drug-likeness (QED) is 0.145. The predicted octanol–water partition coefficient (Wildman–Crippen LogP) is -3.06. The third-order valence-electron chi connectivity index (χ3n) is 5.72. The summed E-state index contributed by atoms with van der Waals surface area (Å²) in [6.07, 6.45) is -15.4. The molecule has 0 unspecified atom stereocenters. The Morgan fingerprint density at radius 2 is 1.64 bits per heavy atom. The number of nitrogens with one attached hydrogen (secondary N) is 1. The largest absolute Gasteiger partial charge is 0.394 e. The maximum Gasteiger partial charge on any atom is 0.274 e. The molecule has 2 heterocycles. The minimum atomic E-state index is -1.77. The van der Waals surface area contributed by atoms with Gasteiger partial charge in [0.1, 0.15) is 48.8 Å². The molecular weight excluding hydrogens is 448 g/mol. The number of hydrogen-bond acceptors (Lipinski definition) is 13. The smallest absolute Gasteiger partial charge is 0.274 e. The number of ether oxygens (including phenoxy) is 3. The molecule has 0 amide bonds. The molecule has 2 saturated heterocycles. The van der Waals surface area contributed by atoms with E-state index in [0.29, 0.717) is 5.56 Å². The molecule has 33 heavy (non-hydrogen) atoms. The van der Waals surface area contributed by atoms with Crippen LogP contribution in [0.1, 0.15) is 5.56 Å². The zero-order chi connectivity index (χ0) is 24.4. The Bertz CT molecular complexity index is 824. The first-order valence-corrected chi connectivity index (χ1v) is 10.2. The predicted molar refractivity (Wildman–Crippen MR) is 108 cm³/mol. The maximum absolute atomic E-state index is 11.2. The highest BCUT2D eigenvalue weighted by Crippen LogP contribution is 2.30. The summed E-state index contributed by atoms with van der Waals surface area (Å²) in [5.41, 5.74) is 0.457. The van der Waals surface area contributed by atoms with Crippen LogP contribution in [0.4, 0.5) is 11.4 Å². The van der Waals surface area contributed by atoms with Crippen LogP contribution in [-0.2, 0) is 14.2 Å². The van der Waals surface area contributed by atoms with Crippen LogP contribution in [0.5, 0.6) is 0 Å². The van der Waals surface area contributed by atoms with Crippen LogP contribution in [0.25, 0.3) is 0 Å². The van der Waals surface area contributed by atoms with Gasteiger partial charge in [0, 0.05) is 17.3 Å². The van der Waals surface area contributed by atoms with Gasteiger partial charge in [0.05, 0.1) is 18.1 Å². The van der Waals surface area contributed by atoms with Crippen LogP contribution in [-0.4, -0.2) is 115 Å². The van der Waals surface area contributed by atoms with Gasteiger partial charge in [-0.3, -0.25) is 10.1 Å². The lowest BCUT2D eigenvalue weighted by Crippen LogP contribution is -2.65. The van der Waals surface area contributed by atoms with Crippen LogP contribution >= 0.6 is 0 Å². The molecule has 2 aliphatic rings. The first kappa shape index (κ1) is 25.6. The Morgan fingerprint density at radius 1 is 0.970 bits per heavy atom. The Morgan fingerprint density at radius 3 is 2.24 bits per heavy atom.